The summed E-state index contributed by atoms with van der Waals surface area (Å²) >= 11 is 0. The minimum absolute atomic E-state index is 0.0181. The molecule has 1 heterocycles. The molecule has 0 unspecified atom stereocenters. The Morgan fingerprint density at radius 3 is 1.60 bits per heavy atom. The fourth-order valence-corrected chi connectivity index (χ4v) is 3.45. The Morgan fingerprint density at radius 2 is 1.23 bits per heavy atom. The number of aliphatic imine (C=N–C) groups is 1. The van der Waals surface area contributed by atoms with Crippen LogP contribution in [0.2, 0.25) is 0 Å². The fourth-order valence-electron chi connectivity index (χ4n) is 3.45. The topological polar surface area (TPSA) is 169 Å². The Balaban J connectivity index is 1.75. The molecule has 0 aliphatic carbocycles. The van der Waals surface area contributed by atoms with Crippen LogP contribution in [0.5, 0.6) is 11.5 Å². The Hall–Kier alpha value is -4.71. The Bertz CT molecular complexity index is 1140. The largest absolute Gasteiger partial charge is 0.506 e. The van der Waals surface area contributed by atoms with Gasteiger partial charge in [-0.2, -0.15) is 0 Å². The van der Waals surface area contributed by atoms with Crippen molar-refractivity contribution in [2.24, 2.45) is 4.99 Å². The molecule has 12 heteroatoms. The van der Waals surface area contributed by atoms with Crippen molar-refractivity contribution in [3.8, 4) is 11.5 Å². The quantitative estimate of drug-likeness (QED) is 0.249. The smallest absolute Gasteiger partial charge is 0.280 e. The Labute approximate surface area is 200 Å². The third-order valence-corrected chi connectivity index (χ3v) is 4.86. The van der Waals surface area contributed by atoms with E-state index in [4.69, 9.17) is 0 Å². The number of hydrogen-bond acceptors (Lipinski definition) is 7. The molecule has 1 aliphatic rings. The molecule has 182 valence electrons. The van der Waals surface area contributed by atoms with Gasteiger partial charge >= 0.3 is 0 Å². The summed E-state index contributed by atoms with van der Waals surface area (Å²) in [4.78, 5) is 52.6. The maximum atomic E-state index is 12.9. The number of phenols is 2. The summed E-state index contributed by atoms with van der Waals surface area (Å²) in [6, 6.07) is 8.77. The second-order valence-corrected chi connectivity index (χ2v) is 7.84. The SMILES string of the molecule is CC(=O)Nc1cccc(O)c1NC(=O)C[N+]1(CC(=O)Nc2c(O)cccc2NC(C)=O)C=CN=C1. The van der Waals surface area contributed by atoms with Crippen LogP contribution >= 0.6 is 0 Å². The van der Waals surface area contributed by atoms with Gasteiger partial charge in [-0.3, -0.25) is 19.2 Å². The molecule has 1 aliphatic heterocycles. The number of quaternary nitrogens is 1. The van der Waals surface area contributed by atoms with Crippen LogP contribution in [-0.4, -0.2) is 57.8 Å². The fraction of sp³-hybridized carbons (Fsp3) is 0.174. The van der Waals surface area contributed by atoms with E-state index < -0.39 is 11.8 Å². The molecule has 35 heavy (non-hydrogen) atoms. The summed E-state index contributed by atoms with van der Waals surface area (Å²) in [5.74, 6) is -2.39. The zero-order chi connectivity index (χ0) is 25.6. The number of amides is 4. The lowest BCUT2D eigenvalue weighted by atomic mass is 10.2. The first kappa shape index (κ1) is 24.9. The summed E-state index contributed by atoms with van der Waals surface area (Å²) in [6.07, 6.45) is 4.38. The third-order valence-electron chi connectivity index (χ3n) is 4.86. The van der Waals surface area contributed by atoms with Gasteiger partial charge in [0.1, 0.15) is 29.1 Å². The average molecular weight is 481 g/mol. The molecule has 0 spiro atoms. The van der Waals surface area contributed by atoms with E-state index in [1.54, 1.807) is 6.20 Å². The average Bonchev–Trinajstić information content (AvgIpc) is 3.20. The molecule has 2 aromatic rings. The molecule has 0 radical (unpaired) electrons. The molecule has 12 nitrogen and oxygen atoms in total. The monoisotopic (exact) mass is 481 g/mol. The van der Waals surface area contributed by atoms with E-state index in [-0.39, 0.29) is 63.6 Å². The van der Waals surface area contributed by atoms with Crippen LogP contribution in [0.15, 0.2) is 53.8 Å². The molecular weight excluding hydrogens is 456 g/mol. The van der Waals surface area contributed by atoms with Gasteiger partial charge in [-0.15, -0.1) is 0 Å². The number of para-hydroxylation sites is 2. The minimum Gasteiger partial charge on any atom is -0.506 e. The van der Waals surface area contributed by atoms with Gasteiger partial charge < -0.3 is 31.5 Å². The van der Waals surface area contributed by atoms with Crippen LogP contribution in [0.3, 0.4) is 0 Å². The van der Waals surface area contributed by atoms with Crippen molar-refractivity contribution in [3.05, 3.63) is 48.8 Å². The molecule has 0 atom stereocenters. The summed E-state index contributed by atoms with van der Waals surface area (Å²) in [5.41, 5.74) is 0.464. The Kier molecular flexibility index (Phi) is 7.46. The highest BCUT2D eigenvalue weighted by Crippen LogP contribution is 2.33. The number of phenolic OH excluding ortho intramolecular Hbond substituents is 2. The van der Waals surface area contributed by atoms with E-state index in [1.165, 1.54) is 62.8 Å². The van der Waals surface area contributed by atoms with E-state index in [9.17, 15) is 29.4 Å². The minimum atomic E-state index is -0.564. The summed E-state index contributed by atoms with van der Waals surface area (Å²) in [5, 5.41) is 30.5. The first-order chi connectivity index (χ1) is 16.6. The van der Waals surface area contributed by atoms with Crippen LogP contribution in [0, 0.1) is 0 Å². The maximum Gasteiger partial charge on any atom is 0.280 e. The number of hydrogen-bond donors (Lipinski definition) is 6. The van der Waals surface area contributed by atoms with Gasteiger partial charge in [0.25, 0.3) is 11.8 Å². The van der Waals surface area contributed by atoms with Crippen LogP contribution in [0.4, 0.5) is 22.7 Å². The van der Waals surface area contributed by atoms with Crippen molar-refractivity contribution >= 4 is 52.7 Å². The summed E-state index contributed by atoms with van der Waals surface area (Å²) < 4.78 is -0.288. The molecule has 2 aromatic carbocycles. The van der Waals surface area contributed by atoms with Crippen LogP contribution in [0.1, 0.15) is 13.8 Å². The van der Waals surface area contributed by atoms with E-state index in [0.29, 0.717) is 0 Å². The lowest BCUT2D eigenvalue weighted by Crippen LogP contribution is -2.50. The number of carbonyl (C=O) groups is 4. The van der Waals surface area contributed by atoms with Gasteiger partial charge in [0.15, 0.2) is 19.4 Å². The number of benzene rings is 2. The van der Waals surface area contributed by atoms with E-state index in [0.717, 1.165) is 0 Å². The number of anilines is 4. The highest BCUT2D eigenvalue weighted by atomic mass is 16.3. The normalized spacial score (nSPS) is 13.2. The number of nitrogens with zero attached hydrogens (tertiary/aromatic N) is 2. The predicted octanol–water partition coefficient (Wildman–Crippen LogP) is 1.92. The summed E-state index contributed by atoms with van der Waals surface area (Å²) in [6.45, 7) is 2.06. The van der Waals surface area contributed by atoms with Gasteiger partial charge in [0.05, 0.1) is 17.6 Å². The molecule has 0 saturated heterocycles. The predicted molar refractivity (Wildman–Crippen MR) is 130 cm³/mol. The van der Waals surface area contributed by atoms with Gasteiger partial charge in [-0.25, -0.2) is 9.48 Å². The van der Waals surface area contributed by atoms with Crippen LogP contribution in [0.25, 0.3) is 0 Å². The zero-order valence-electron chi connectivity index (χ0n) is 19.0. The van der Waals surface area contributed by atoms with Crippen LogP contribution in [-0.2, 0) is 19.2 Å². The van der Waals surface area contributed by atoms with E-state index in [1.807, 2.05) is 0 Å². The van der Waals surface area contributed by atoms with Gasteiger partial charge in [-0.05, 0) is 24.3 Å². The maximum absolute atomic E-state index is 12.9. The molecule has 0 bridgehead atoms. The Morgan fingerprint density at radius 1 is 0.771 bits per heavy atom. The number of carbonyl (C=O) groups excluding carboxylic acids is 4. The second kappa shape index (κ2) is 10.5. The highest BCUT2D eigenvalue weighted by Gasteiger charge is 2.33. The van der Waals surface area contributed by atoms with Crippen molar-refractivity contribution < 1.29 is 33.9 Å². The standard InChI is InChI=1S/C23H24N6O6/c1-14(30)25-16-5-3-7-18(32)22(16)27-20(34)11-29(10-9-24-13-29)12-21(35)28-23-17(26-15(2)31)6-4-8-19(23)33/h3-10,13H,11-12H2,1-2H3,(H5-,25,26,27,28,30,31,32,33,34,35)/p+1. The van der Waals surface area contributed by atoms with Gasteiger partial charge in [0.2, 0.25) is 11.8 Å². The zero-order valence-corrected chi connectivity index (χ0v) is 19.0. The van der Waals surface area contributed by atoms with Gasteiger partial charge in [-0.1, -0.05) is 12.1 Å². The molecule has 6 N–H and O–H groups in total. The van der Waals surface area contributed by atoms with E-state index >= 15 is 0 Å². The number of nitrogens with one attached hydrogen (secondary N) is 4. The van der Waals surface area contributed by atoms with Crippen LogP contribution < -0.4 is 21.3 Å². The van der Waals surface area contributed by atoms with E-state index in [2.05, 4.69) is 26.3 Å². The molecule has 4 amide bonds. The summed E-state index contributed by atoms with van der Waals surface area (Å²) in [7, 11) is 0. The van der Waals surface area contributed by atoms with Crippen molar-refractivity contribution in [2.75, 3.05) is 34.4 Å². The van der Waals surface area contributed by atoms with Crippen molar-refractivity contribution in [1.29, 1.82) is 0 Å². The highest BCUT2D eigenvalue weighted by molar-refractivity contribution is 6.03. The van der Waals surface area contributed by atoms with Crippen molar-refractivity contribution in [3.63, 3.8) is 0 Å². The first-order valence-electron chi connectivity index (χ1n) is 10.5. The van der Waals surface area contributed by atoms with Gasteiger partial charge in [0, 0.05) is 13.8 Å². The molecule has 3 rings (SSSR count). The van der Waals surface area contributed by atoms with Crippen molar-refractivity contribution in [2.45, 2.75) is 13.8 Å². The lowest BCUT2D eigenvalue weighted by Gasteiger charge is -2.26. The molecule has 0 saturated carbocycles. The second-order valence-electron chi connectivity index (χ2n) is 7.84. The first-order valence-corrected chi connectivity index (χ1v) is 10.5. The third kappa shape index (κ3) is 6.42. The molecule has 0 fully saturated rings. The van der Waals surface area contributed by atoms with Crippen molar-refractivity contribution in [1.82, 2.24) is 0 Å². The lowest BCUT2D eigenvalue weighted by molar-refractivity contribution is -0.760. The number of aromatic hydroxyl groups is 2. The number of rotatable bonds is 8. The molecular formula is C23H25N6O6+. The molecule has 0 aromatic heterocycles.